The lowest BCUT2D eigenvalue weighted by molar-refractivity contribution is 0.599. The van der Waals surface area contributed by atoms with Crippen LogP contribution < -0.4 is 5.14 Å². The third-order valence-corrected chi connectivity index (χ3v) is 3.65. The molecule has 1 heterocycles. The zero-order chi connectivity index (χ0) is 12.0. The van der Waals surface area contributed by atoms with Gasteiger partial charge in [-0.3, -0.25) is 0 Å². The summed E-state index contributed by atoms with van der Waals surface area (Å²) in [7, 11) is -3.57. The Bertz CT molecular complexity index is 513. The fourth-order valence-corrected chi connectivity index (χ4v) is 1.82. The van der Waals surface area contributed by atoms with E-state index in [2.05, 4.69) is 9.59 Å². The highest BCUT2D eigenvalue weighted by molar-refractivity contribution is 7.91. The van der Waals surface area contributed by atoms with Crippen molar-refractivity contribution in [3.63, 3.8) is 0 Å². The lowest BCUT2D eigenvalue weighted by atomic mass is 10.4. The lowest BCUT2D eigenvalue weighted by Gasteiger charge is -1.83. The second-order valence-electron chi connectivity index (χ2n) is 2.58. The maximum absolute atomic E-state index is 10.4. The quantitative estimate of drug-likeness (QED) is 0.856. The van der Waals surface area contributed by atoms with Crippen LogP contribution in [0.1, 0.15) is 0 Å². The van der Waals surface area contributed by atoms with E-state index in [0.717, 1.165) is 22.8 Å². The van der Waals surface area contributed by atoms with Gasteiger partial charge in [0.15, 0.2) is 4.21 Å². The van der Waals surface area contributed by atoms with E-state index in [1.807, 2.05) is 30.3 Å². The molecule has 0 aliphatic carbocycles. The number of primary sulfonamides is 1. The van der Waals surface area contributed by atoms with Crippen LogP contribution in [0, 0.1) is 0 Å². The second kappa shape index (κ2) is 5.90. The van der Waals surface area contributed by atoms with Crippen molar-refractivity contribution in [1.82, 2.24) is 9.59 Å². The van der Waals surface area contributed by atoms with Crippen molar-refractivity contribution >= 4 is 33.2 Å². The zero-order valence-electron chi connectivity index (χ0n) is 7.95. The van der Waals surface area contributed by atoms with Crippen molar-refractivity contribution in [2.24, 2.45) is 5.14 Å². The molecule has 16 heavy (non-hydrogen) atoms. The highest BCUT2D eigenvalue weighted by Gasteiger charge is 2.08. The maximum atomic E-state index is 10.4. The zero-order valence-corrected chi connectivity index (χ0v) is 10.3. The summed E-state index contributed by atoms with van der Waals surface area (Å²) in [6.07, 6.45) is 1.11. The Balaban J connectivity index is 0.000000165. The van der Waals surface area contributed by atoms with E-state index in [1.165, 1.54) is 0 Å². The number of aromatic nitrogens is 2. The summed E-state index contributed by atoms with van der Waals surface area (Å²) in [5.74, 6) is 0. The van der Waals surface area contributed by atoms with Gasteiger partial charge in [0.2, 0.25) is 0 Å². The number of hydrogen-bond donors (Lipinski definition) is 1. The van der Waals surface area contributed by atoms with Gasteiger partial charge in [0.1, 0.15) is 0 Å². The minimum Gasteiger partial charge on any atom is -0.224 e. The first-order chi connectivity index (χ1) is 7.50. The van der Waals surface area contributed by atoms with Crippen LogP contribution in [0.15, 0.2) is 40.7 Å². The molecule has 0 fully saturated rings. The van der Waals surface area contributed by atoms with Crippen LogP contribution in [0.25, 0.3) is 0 Å². The van der Waals surface area contributed by atoms with Crippen LogP contribution in [0.5, 0.6) is 0 Å². The highest BCUT2D eigenvalue weighted by atomic mass is 35.5. The smallest absolute Gasteiger partial charge is 0.224 e. The van der Waals surface area contributed by atoms with Gasteiger partial charge in [0, 0.05) is 16.6 Å². The van der Waals surface area contributed by atoms with Gasteiger partial charge in [-0.1, -0.05) is 34.3 Å². The molecule has 0 atom stereocenters. The lowest BCUT2D eigenvalue weighted by Crippen LogP contribution is -2.09. The van der Waals surface area contributed by atoms with Gasteiger partial charge >= 0.3 is 0 Å². The molecule has 0 radical (unpaired) electrons. The fourth-order valence-electron chi connectivity index (χ4n) is 0.698. The van der Waals surface area contributed by atoms with Gasteiger partial charge in [-0.15, -0.1) is 5.10 Å². The summed E-state index contributed by atoms with van der Waals surface area (Å²) < 4.78 is 24.1. The molecule has 0 bridgehead atoms. The molecule has 0 aliphatic rings. The molecule has 8 heteroatoms. The highest BCUT2D eigenvalue weighted by Crippen LogP contribution is 2.06. The summed E-state index contributed by atoms with van der Waals surface area (Å²) in [4.78, 5) is 0. The van der Waals surface area contributed by atoms with E-state index in [-0.39, 0.29) is 4.21 Å². The van der Waals surface area contributed by atoms with Crippen molar-refractivity contribution in [2.45, 2.75) is 4.21 Å². The number of benzene rings is 1. The van der Waals surface area contributed by atoms with Crippen LogP contribution in [-0.2, 0) is 10.0 Å². The first kappa shape index (κ1) is 13.0. The Morgan fingerprint density at radius 2 is 1.88 bits per heavy atom. The average molecular weight is 278 g/mol. The van der Waals surface area contributed by atoms with Crippen LogP contribution in [0.2, 0.25) is 5.02 Å². The van der Waals surface area contributed by atoms with E-state index in [0.29, 0.717) is 0 Å². The molecule has 2 N–H and O–H groups in total. The van der Waals surface area contributed by atoms with Crippen LogP contribution in [0.3, 0.4) is 0 Å². The third kappa shape index (κ3) is 4.67. The van der Waals surface area contributed by atoms with Crippen molar-refractivity contribution in [1.29, 1.82) is 0 Å². The number of nitrogens with zero attached hydrogens (tertiary/aromatic N) is 2. The standard InChI is InChI=1S/C6H5Cl.C2H3N3O2S2/c7-6-4-2-1-3-5-6;3-9(6,7)2-1-4-5-8-2/h1-5H;1H,(H2,3,6,7). The van der Waals surface area contributed by atoms with Crippen molar-refractivity contribution < 1.29 is 8.42 Å². The van der Waals surface area contributed by atoms with Gasteiger partial charge in [0.05, 0.1) is 6.20 Å². The number of nitrogens with two attached hydrogens (primary N) is 1. The predicted octanol–water partition coefficient (Wildman–Crippen LogP) is 1.53. The van der Waals surface area contributed by atoms with Crippen LogP contribution >= 0.6 is 23.1 Å². The summed E-state index contributed by atoms with van der Waals surface area (Å²) in [5.41, 5.74) is 0. The molecule has 1 aromatic heterocycles. The maximum Gasteiger partial charge on any atom is 0.250 e. The molecule has 2 aromatic rings. The topological polar surface area (TPSA) is 85.9 Å². The largest absolute Gasteiger partial charge is 0.250 e. The normalized spacial score (nSPS) is 10.4. The first-order valence-electron chi connectivity index (χ1n) is 4.01. The Labute approximate surface area is 102 Å². The molecule has 0 aliphatic heterocycles. The number of halogens is 1. The molecule has 5 nitrogen and oxygen atoms in total. The molecule has 86 valence electrons. The summed E-state index contributed by atoms with van der Waals surface area (Å²) in [6.45, 7) is 0. The van der Waals surface area contributed by atoms with Gasteiger partial charge in [-0.25, -0.2) is 13.6 Å². The van der Waals surface area contributed by atoms with Crippen molar-refractivity contribution in [3.8, 4) is 0 Å². The molecule has 0 saturated carbocycles. The van der Waals surface area contributed by atoms with E-state index < -0.39 is 10.0 Å². The molecule has 0 spiro atoms. The minimum absolute atomic E-state index is 0.0116. The Kier molecular flexibility index (Phi) is 4.81. The number of hydrogen-bond acceptors (Lipinski definition) is 5. The van der Waals surface area contributed by atoms with Crippen molar-refractivity contribution in [3.05, 3.63) is 41.6 Å². The van der Waals surface area contributed by atoms with E-state index in [1.54, 1.807) is 0 Å². The molecule has 0 amide bonds. The molecule has 0 saturated heterocycles. The number of sulfonamides is 1. The molecular formula is C8H8ClN3O2S2. The van der Waals surface area contributed by atoms with Crippen LogP contribution in [0.4, 0.5) is 0 Å². The average Bonchev–Trinajstić information content (AvgIpc) is 2.71. The predicted molar refractivity (Wildman–Crippen MR) is 62.7 cm³/mol. The number of rotatable bonds is 1. The molecule has 1 aromatic carbocycles. The third-order valence-electron chi connectivity index (χ3n) is 1.35. The first-order valence-corrected chi connectivity index (χ1v) is 6.70. The van der Waals surface area contributed by atoms with Crippen molar-refractivity contribution in [2.75, 3.05) is 0 Å². The van der Waals surface area contributed by atoms with Gasteiger partial charge in [0.25, 0.3) is 10.0 Å². The van der Waals surface area contributed by atoms with E-state index in [9.17, 15) is 8.42 Å². The van der Waals surface area contributed by atoms with E-state index >= 15 is 0 Å². The summed E-state index contributed by atoms with van der Waals surface area (Å²) in [6, 6.07) is 9.44. The molecule has 2 rings (SSSR count). The summed E-state index contributed by atoms with van der Waals surface area (Å²) in [5, 5.41) is 8.80. The van der Waals surface area contributed by atoms with Gasteiger partial charge in [-0.05, 0) is 12.1 Å². The monoisotopic (exact) mass is 277 g/mol. The SMILES string of the molecule is Clc1ccccc1.NS(=O)(=O)c1cnns1. The Morgan fingerprint density at radius 1 is 1.25 bits per heavy atom. The van der Waals surface area contributed by atoms with Gasteiger partial charge in [-0.2, -0.15) is 0 Å². The van der Waals surface area contributed by atoms with Crippen LogP contribution in [-0.4, -0.2) is 18.0 Å². The molecular weight excluding hydrogens is 270 g/mol. The fraction of sp³-hybridized carbons (Fsp3) is 0. The summed E-state index contributed by atoms with van der Waals surface area (Å²) >= 11 is 6.30. The van der Waals surface area contributed by atoms with E-state index in [4.69, 9.17) is 16.7 Å². The Hall–Kier alpha value is -1.02. The van der Waals surface area contributed by atoms with Gasteiger partial charge < -0.3 is 0 Å². The second-order valence-corrected chi connectivity index (χ2v) is 5.59. The molecule has 0 unspecified atom stereocenters. The minimum atomic E-state index is -3.57. The Morgan fingerprint density at radius 3 is 2.12 bits per heavy atom.